The second kappa shape index (κ2) is 7.53. The fourth-order valence-corrected chi connectivity index (χ4v) is 2.94. The molecule has 0 aliphatic carbocycles. The Labute approximate surface area is 156 Å². The average molecular weight is 367 g/mol. The van der Waals surface area contributed by atoms with Crippen LogP contribution in [0.5, 0.6) is 0 Å². The van der Waals surface area contributed by atoms with Crippen LogP contribution in [0, 0.1) is 27.7 Å². The molecular weight excluding hydrogens is 346 g/mol. The number of fused-ring (bicyclic) bond motifs is 1. The van der Waals surface area contributed by atoms with Crippen molar-refractivity contribution in [1.29, 1.82) is 0 Å². The number of amides is 1. The molecule has 0 aliphatic heterocycles. The first-order valence-corrected chi connectivity index (χ1v) is 8.54. The third-order valence-corrected chi connectivity index (χ3v) is 4.42. The quantitative estimate of drug-likeness (QED) is 0.693. The van der Waals surface area contributed by atoms with Crippen LogP contribution in [0.4, 0.5) is 5.69 Å². The molecule has 0 radical (unpaired) electrons. The number of nitrogens with one attached hydrogen (secondary N) is 1. The zero-order valence-electron chi connectivity index (χ0n) is 15.7. The van der Waals surface area contributed by atoms with Crippen LogP contribution in [-0.2, 0) is 20.7 Å². The summed E-state index contributed by atoms with van der Waals surface area (Å²) < 4.78 is 6.71. The van der Waals surface area contributed by atoms with Gasteiger partial charge >= 0.3 is 5.97 Å². The maximum atomic E-state index is 12.2. The number of aryl methyl sites for hydroxylation is 4. The summed E-state index contributed by atoms with van der Waals surface area (Å²) >= 11 is 0. The molecule has 1 amide bonds. The molecule has 2 aromatic heterocycles. The van der Waals surface area contributed by atoms with Gasteiger partial charge in [-0.3, -0.25) is 9.59 Å². The minimum atomic E-state index is -0.501. The fraction of sp³-hybridized carbons (Fsp3) is 0.316. The van der Waals surface area contributed by atoms with Gasteiger partial charge in [-0.25, -0.2) is 9.50 Å². The standard InChI is InChI=1S/C19H21N5O3/c1-11-6-5-7-12(2)18(11)23-16(25)9-27-17(26)8-15-13(3)22-19-20-10-21-24(19)14(15)4/h5-7,10H,8-9H2,1-4H3,(H,23,25). The van der Waals surface area contributed by atoms with Crippen molar-refractivity contribution in [3.05, 3.63) is 52.6 Å². The maximum Gasteiger partial charge on any atom is 0.310 e. The highest BCUT2D eigenvalue weighted by molar-refractivity contribution is 5.94. The van der Waals surface area contributed by atoms with Crippen LogP contribution in [0.2, 0.25) is 0 Å². The number of rotatable bonds is 5. The summed E-state index contributed by atoms with van der Waals surface area (Å²) in [6.07, 6.45) is 1.42. The fourth-order valence-electron chi connectivity index (χ4n) is 2.94. The molecule has 0 aliphatic rings. The number of para-hydroxylation sites is 1. The first-order valence-electron chi connectivity index (χ1n) is 8.54. The van der Waals surface area contributed by atoms with Crippen LogP contribution in [0.3, 0.4) is 0 Å². The third-order valence-electron chi connectivity index (χ3n) is 4.42. The molecule has 0 unspecified atom stereocenters. The van der Waals surface area contributed by atoms with Gasteiger partial charge in [0.25, 0.3) is 11.7 Å². The van der Waals surface area contributed by atoms with E-state index < -0.39 is 5.97 Å². The highest BCUT2D eigenvalue weighted by Gasteiger charge is 2.16. The van der Waals surface area contributed by atoms with E-state index in [9.17, 15) is 9.59 Å². The van der Waals surface area contributed by atoms with Gasteiger partial charge in [-0.15, -0.1) is 0 Å². The lowest BCUT2D eigenvalue weighted by Gasteiger charge is -2.12. The number of anilines is 1. The Morgan fingerprint density at radius 1 is 1.15 bits per heavy atom. The van der Waals surface area contributed by atoms with Crippen LogP contribution >= 0.6 is 0 Å². The molecule has 3 rings (SSSR count). The largest absolute Gasteiger partial charge is 0.455 e. The first-order chi connectivity index (χ1) is 12.9. The lowest BCUT2D eigenvalue weighted by Crippen LogP contribution is -2.23. The van der Waals surface area contributed by atoms with E-state index >= 15 is 0 Å². The van der Waals surface area contributed by atoms with Crippen LogP contribution < -0.4 is 5.32 Å². The second-order valence-corrected chi connectivity index (χ2v) is 6.39. The molecule has 0 spiro atoms. The molecule has 0 fully saturated rings. The molecule has 0 bridgehead atoms. The third kappa shape index (κ3) is 3.94. The summed E-state index contributed by atoms with van der Waals surface area (Å²) in [4.78, 5) is 32.7. The normalized spacial score (nSPS) is 10.8. The van der Waals surface area contributed by atoms with E-state index in [1.165, 1.54) is 6.33 Å². The minimum absolute atomic E-state index is 0.0111. The summed E-state index contributed by atoms with van der Waals surface area (Å²) in [5, 5.41) is 6.88. The molecule has 8 nitrogen and oxygen atoms in total. The van der Waals surface area contributed by atoms with Gasteiger partial charge in [-0.2, -0.15) is 10.1 Å². The highest BCUT2D eigenvalue weighted by atomic mass is 16.5. The molecular formula is C19H21N5O3. The maximum absolute atomic E-state index is 12.2. The first kappa shape index (κ1) is 18.5. The summed E-state index contributed by atoms with van der Waals surface area (Å²) in [7, 11) is 0. The minimum Gasteiger partial charge on any atom is -0.455 e. The second-order valence-electron chi connectivity index (χ2n) is 6.39. The zero-order valence-corrected chi connectivity index (χ0v) is 15.7. The van der Waals surface area contributed by atoms with Crippen molar-refractivity contribution in [2.24, 2.45) is 0 Å². The summed E-state index contributed by atoms with van der Waals surface area (Å²) in [5.41, 5.74) is 4.82. The molecule has 8 heteroatoms. The van der Waals surface area contributed by atoms with Gasteiger partial charge in [0.1, 0.15) is 6.33 Å². The number of esters is 1. The van der Waals surface area contributed by atoms with Crippen molar-refractivity contribution in [2.45, 2.75) is 34.1 Å². The van der Waals surface area contributed by atoms with E-state index in [0.29, 0.717) is 17.0 Å². The van der Waals surface area contributed by atoms with E-state index in [-0.39, 0.29) is 18.9 Å². The van der Waals surface area contributed by atoms with E-state index in [4.69, 9.17) is 4.74 Å². The number of aromatic nitrogens is 4. The van der Waals surface area contributed by atoms with Crippen LogP contribution in [0.25, 0.3) is 5.78 Å². The number of carbonyl (C=O) groups excluding carboxylic acids is 2. The number of benzene rings is 1. The zero-order chi connectivity index (χ0) is 19.6. The molecule has 2 heterocycles. The Morgan fingerprint density at radius 2 is 1.85 bits per heavy atom. The Balaban J connectivity index is 1.62. The Bertz CT molecular complexity index is 1010. The summed E-state index contributed by atoms with van der Waals surface area (Å²) in [5.74, 6) is -0.395. The molecule has 1 N–H and O–H groups in total. The van der Waals surface area contributed by atoms with Crippen LogP contribution in [0.1, 0.15) is 28.1 Å². The molecule has 27 heavy (non-hydrogen) atoms. The van der Waals surface area contributed by atoms with Gasteiger partial charge in [-0.05, 0) is 38.8 Å². The van der Waals surface area contributed by atoms with Gasteiger partial charge in [0.05, 0.1) is 6.42 Å². The Hall–Kier alpha value is -3.29. The van der Waals surface area contributed by atoms with E-state index in [0.717, 1.165) is 22.5 Å². The van der Waals surface area contributed by atoms with Crippen LogP contribution in [0.15, 0.2) is 24.5 Å². The smallest absolute Gasteiger partial charge is 0.310 e. The van der Waals surface area contributed by atoms with Crippen molar-refractivity contribution in [3.8, 4) is 0 Å². The SMILES string of the molecule is Cc1cccc(C)c1NC(=O)COC(=O)Cc1c(C)nc2ncnn2c1C. The molecule has 3 aromatic rings. The predicted molar refractivity (Wildman–Crippen MR) is 99.5 cm³/mol. The van der Waals surface area contributed by atoms with Gasteiger partial charge in [0.2, 0.25) is 0 Å². The molecule has 0 atom stereocenters. The number of carbonyl (C=O) groups is 2. The molecule has 140 valence electrons. The van der Waals surface area contributed by atoms with E-state index in [1.54, 1.807) is 11.4 Å². The van der Waals surface area contributed by atoms with Crippen molar-refractivity contribution in [1.82, 2.24) is 19.6 Å². The molecule has 0 saturated heterocycles. The van der Waals surface area contributed by atoms with Crippen molar-refractivity contribution in [2.75, 3.05) is 11.9 Å². The highest BCUT2D eigenvalue weighted by Crippen LogP contribution is 2.19. The van der Waals surface area contributed by atoms with Crippen molar-refractivity contribution < 1.29 is 14.3 Å². The van der Waals surface area contributed by atoms with E-state index in [1.807, 2.05) is 39.0 Å². The summed E-state index contributed by atoms with van der Waals surface area (Å²) in [6, 6.07) is 5.74. The Kier molecular flexibility index (Phi) is 5.16. The lowest BCUT2D eigenvalue weighted by atomic mass is 10.1. The van der Waals surface area contributed by atoms with Crippen LogP contribution in [-0.4, -0.2) is 38.1 Å². The summed E-state index contributed by atoms with van der Waals surface area (Å²) in [6.45, 7) is 7.12. The average Bonchev–Trinajstić information content (AvgIpc) is 3.08. The molecule has 0 saturated carbocycles. The monoisotopic (exact) mass is 367 g/mol. The predicted octanol–water partition coefficient (Wildman–Crippen LogP) is 2.08. The number of hydrogen-bond acceptors (Lipinski definition) is 6. The van der Waals surface area contributed by atoms with Crippen molar-refractivity contribution >= 4 is 23.3 Å². The molecule has 1 aromatic carbocycles. The van der Waals surface area contributed by atoms with Gasteiger partial charge < -0.3 is 10.1 Å². The Morgan fingerprint density at radius 3 is 2.56 bits per heavy atom. The number of nitrogens with zero attached hydrogens (tertiary/aromatic N) is 4. The van der Waals surface area contributed by atoms with Gasteiger partial charge in [0, 0.05) is 22.6 Å². The van der Waals surface area contributed by atoms with Crippen molar-refractivity contribution in [3.63, 3.8) is 0 Å². The number of ether oxygens (including phenoxy) is 1. The number of hydrogen-bond donors (Lipinski definition) is 1. The lowest BCUT2D eigenvalue weighted by molar-refractivity contribution is -0.146. The van der Waals surface area contributed by atoms with Gasteiger partial charge in [0.15, 0.2) is 6.61 Å². The van der Waals surface area contributed by atoms with Gasteiger partial charge in [-0.1, -0.05) is 18.2 Å². The topological polar surface area (TPSA) is 98.5 Å². The van der Waals surface area contributed by atoms with E-state index in [2.05, 4.69) is 20.4 Å².